The Morgan fingerprint density at radius 2 is 1.52 bits per heavy atom. The van der Waals surface area contributed by atoms with Crippen molar-refractivity contribution in [1.29, 1.82) is 0 Å². The van der Waals surface area contributed by atoms with Crippen LogP contribution in [0.15, 0.2) is 97.1 Å². The number of aryl methyl sites for hydroxylation is 1. The number of nitrogens with one attached hydrogen (secondary N) is 1. The van der Waals surface area contributed by atoms with E-state index < -0.39 is 0 Å². The van der Waals surface area contributed by atoms with E-state index in [-0.39, 0.29) is 5.91 Å². The zero-order valence-corrected chi connectivity index (χ0v) is 17.3. The maximum absolute atomic E-state index is 13.4. The second-order valence-electron chi connectivity index (χ2n) is 7.60. The molecule has 0 aliphatic carbocycles. The highest BCUT2D eigenvalue weighted by atomic mass is 16.1. The summed E-state index contributed by atoms with van der Waals surface area (Å²) in [5.74, 6) is -0.138. The maximum Gasteiger partial charge on any atom is 0.256 e. The Kier molecular flexibility index (Phi) is 4.93. The van der Waals surface area contributed by atoms with Crippen molar-refractivity contribution in [3.05, 3.63) is 108 Å². The average molecular weight is 402 g/mol. The van der Waals surface area contributed by atoms with Gasteiger partial charge in [-0.3, -0.25) is 4.79 Å². The molecule has 0 aliphatic heterocycles. The molecule has 0 spiro atoms. The fourth-order valence-electron chi connectivity index (χ4n) is 3.95. The van der Waals surface area contributed by atoms with Crippen LogP contribution in [0.1, 0.15) is 22.8 Å². The van der Waals surface area contributed by atoms with Crippen LogP contribution in [0.2, 0.25) is 0 Å². The number of para-hydroxylation sites is 1. The third-order valence-corrected chi connectivity index (χ3v) is 5.66. The highest BCUT2D eigenvalue weighted by Crippen LogP contribution is 2.28. The molecule has 0 unspecified atom stereocenters. The van der Waals surface area contributed by atoms with Gasteiger partial charge in [-0.25, -0.2) is 4.98 Å². The van der Waals surface area contributed by atoms with Crippen molar-refractivity contribution in [3.8, 4) is 11.3 Å². The smallest absolute Gasteiger partial charge is 0.256 e. The van der Waals surface area contributed by atoms with Gasteiger partial charge in [0.1, 0.15) is 0 Å². The number of nitrogens with zero attached hydrogens (tertiary/aromatic N) is 1. The summed E-state index contributed by atoms with van der Waals surface area (Å²) in [6.45, 7) is 2.14. The van der Waals surface area contributed by atoms with E-state index in [4.69, 9.17) is 4.98 Å². The van der Waals surface area contributed by atoms with Crippen LogP contribution in [-0.2, 0) is 6.42 Å². The summed E-state index contributed by atoms with van der Waals surface area (Å²) >= 11 is 0. The maximum atomic E-state index is 13.4. The van der Waals surface area contributed by atoms with E-state index in [0.717, 1.165) is 45.0 Å². The van der Waals surface area contributed by atoms with Gasteiger partial charge in [-0.1, -0.05) is 85.8 Å². The number of carbonyl (C=O) groups excluding carboxylic acids is 1. The van der Waals surface area contributed by atoms with Gasteiger partial charge >= 0.3 is 0 Å². The molecule has 31 heavy (non-hydrogen) atoms. The molecule has 0 bridgehead atoms. The lowest BCUT2D eigenvalue weighted by Gasteiger charge is -2.12. The molecule has 5 rings (SSSR count). The van der Waals surface area contributed by atoms with Crippen molar-refractivity contribution in [2.24, 2.45) is 0 Å². The first-order valence-corrected chi connectivity index (χ1v) is 10.5. The monoisotopic (exact) mass is 402 g/mol. The predicted octanol–water partition coefficient (Wildman–Crippen LogP) is 6.87. The largest absolute Gasteiger partial charge is 0.321 e. The van der Waals surface area contributed by atoms with E-state index in [9.17, 15) is 4.79 Å². The number of hydrogen-bond donors (Lipinski definition) is 1. The Balaban J connectivity index is 1.60. The number of amides is 1. The summed E-state index contributed by atoms with van der Waals surface area (Å²) in [7, 11) is 0. The van der Waals surface area contributed by atoms with Crippen LogP contribution in [0.4, 0.5) is 5.69 Å². The van der Waals surface area contributed by atoms with E-state index in [1.165, 1.54) is 5.56 Å². The van der Waals surface area contributed by atoms with Crippen LogP contribution < -0.4 is 5.32 Å². The second-order valence-corrected chi connectivity index (χ2v) is 7.60. The van der Waals surface area contributed by atoms with Crippen LogP contribution >= 0.6 is 0 Å². The number of benzene rings is 4. The van der Waals surface area contributed by atoms with E-state index in [0.29, 0.717) is 5.56 Å². The van der Waals surface area contributed by atoms with Crippen LogP contribution in [0.3, 0.4) is 0 Å². The molecule has 0 saturated heterocycles. The van der Waals surface area contributed by atoms with Gasteiger partial charge in [0, 0.05) is 22.0 Å². The fourth-order valence-corrected chi connectivity index (χ4v) is 3.95. The van der Waals surface area contributed by atoms with Crippen LogP contribution in [0, 0.1) is 0 Å². The second kappa shape index (κ2) is 8.04. The molecule has 1 amide bonds. The first-order chi connectivity index (χ1) is 15.2. The van der Waals surface area contributed by atoms with Crippen molar-refractivity contribution >= 4 is 33.3 Å². The average Bonchev–Trinajstić information content (AvgIpc) is 2.83. The van der Waals surface area contributed by atoms with E-state index in [2.05, 4.69) is 36.5 Å². The first kappa shape index (κ1) is 19.0. The van der Waals surface area contributed by atoms with Gasteiger partial charge in [-0.15, -0.1) is 0 Å². The molecule has 3 nitrogen and oxygen atoms in total. The SMILES string of the molecule is CCc1ccc(-c2cc(C(=O)Nc3cccc4ccccc34)c3ccccc3n2)cc1. The minimum Gasteiger partial charge on any atom is -0.321 e. The summed E-state index contributed by atoms with van der Waals surface area (Å²) in [6, 6.07) is 32.1. The number of pyridine rings is 1. The van der Waals surface area contributed by atoms with Crippen molar-refractivity contribution in [2.45, 2.75) is 13.3 Å². The van der Waals surface area contributed by atoms with E-state index in [1.54, 1.807) is 0 Å². The Labute approximate surface area is 181 Å². The summed E-state index contributed by atoms with van der Waals surface area (Å²) in [5.41, 5.74) is 5.30. The lowest BCUT2D eigenvalue weighted by atomic mass is 10.0. The molecule has 3 heteroatoms. The number of hydrogen-bond acceptors (Lipinski definition) is 2. The molecule has 0 atom stereocenters. The standard InChI is InChI=1S/C28H22N2O/c1-2-19-14-16-21(17-15-19)27-18-24(23-11-5-6-12-26(23)29-27)28(31)30-25-13-7-9-20-8-3-4-10-22(20)25/h3-18H,2H2,1H3,(H,30,31). The molecular formula is C28H22N2O. The molecule has 0 radical (unpaired) electrons. The highest BCUT2D eigenvalue weighted by Gasteiger charge is 2.15. The summed E-state index contributed by atoms with van der Waals surface area (Å²) in [6.07, 6.45) is 0.990. The van der Waals surface area contributed by atoms with Gasteiger partial charge in [0.15, 0.2) is 0 Å². The van der Waals surface area contributed by atoms with Crippen molar-refractivity contribution in [1.82, 2.24) is 4.98 Å². The molecule has 0 fully saturated rings. The molecule has 150 valence electrons. The molecule has 0 aliphatic rings. The zero-order chi connectivity index (χ0) is 21.2. The Morgan fingerprint density at radius 1 is 0.806 bits per heavy atom. The molecule has 1 heterocycles. The number of rotatable bonds is 4. The van der Waals surface area contributed by atoms with Gasteiger partial charge in [0.2, 0.25) is 0 Å². The molecule has 1 N–H and O–H groups in total. The summed E-state index contributed by atoms with van der Waals surface area (Å²) < 4.78 is 0. The molecule has 1 aromatic heterocycles. The van der Waals surface area contributed by atoms with Gasteiger partial charge in [-0.2, -0.15) is 0 Å². The molecule has 4 aromatic carbocycles. The lowest BCUT2D eigenvalue weighted by Crippen LogP contribution is -2.13. The number of fused-ring (bicyclic) bond motifs is 2. The van der Waals surface area contributed by atoms with Crippen LogP contribution in [0.25, 0.3) is 32.9 Å². The van der Waals surface area contributed by atoms with Gasteiger partial charge in [-0.05, 0) is 35.6 Å². The number of anilines is 1. The fraction of sp³-hybridized carbons (Fsp3) is 0.0714. The normalized spacial score (nSPS) is 11.0. The van der Waals surface area contributed by atoms with Gasteiger partial charge in [0.25, 0.3) is 5.91 Å². The van der Waals surface area contributed by atoms with Crippen molar-refractivity contribution in [2.75, 3.05) is 5.32 Å². The third-order valence-electron chi connectivity index (χ3n) is 5.66. The molecule has 0 saturated carbocycles. The Hall–Kier alpha value is -3.98. The minimum atomic E-state index is -0.138. The predicted molar refractivity (Wildman–Crippen MR) is 128 cm³/mol. The van der Waals surface area contributed by atoms with E-state index >= 15 is 0 Å². The Morgan fingerprint density at radius 3 is 2.32 bits per heavy atom. The third kappa shape index (κ3) is 3.66. The Bertz CT molecular complexity index is 1400. The van der Waals surface area contributed by atoms with Crippen LogP contribution in [0.5, 0.6) is 0 Å². The minimum absolute atomic E-state index is 0.138. The topological polar surface area (TPSA) is 42.0 Å². The van der Waals surface area contributed by atoms with Crippen LogP contribution in [-0.4, -0.2) is 10.9 Å². The first-order valence-electron chi connectivity index (χ1n) is 10.5. The highest BCUT2D eigenvalue weighted by molar-refractivity contribution is 6.15. The lowest BCUT2D eigenvalue weighted by molar-refractivity contribution is 0.102. The van der Waals surface area contributed by atoms with Crippen molar-refractivity contribution < 1.29 is 4.79 Å². The molecule has 5 aromatic rings. The van der Waals surface area contributed by atoms with Gasteiger partial charge < -0.3 is 5.32 Å². The summed E-state index contributed by atoms with van der Waals surface area (Å²) in [5, 5.41) is 6.08. The summed E-state index contributed by atoms with van der Waals surface area (Å²) in [4.78, 5) is 18.2. The van der Waals surface area contributed by atoms with E-state index in [1.807, 2.05) is 72.8 Å². The van der Waals surface area contributed by atoms with Gasteiger partial charge in [0.05, 0.1) is 16.8 Å². The quantitative estimate of drug-likeness (QED) is 0.356. The molecular weight excluding hydrogens is 380 g/mol. The van der Waals surface area contributed by atoms with Crippen molar-refractivity contribution in [3.63, 3.8) is 0 Å². The number of aromatic nitrogens is 1. The zero-order valence-electron chi connectivity index (χ0n) is 17.3. The number of carbonyl (C=O) groups is 1.